The van der Waals surface area contributed by atoms with Crippen LogP contribution in [-0.2, 0) is 22.4 Å². The minimum Gasteiger partial charge on any atom is -0.461 e. The first-order valence-electron chi connectivity index (χ1n) is 18.1. The molecule has 0 amide bonds. The first-order valence-corrected chi connectivity index (χ1v) is 18.1. The molecule has 0 spiro atoms. The third-order valence-electron chi connectivity index (χ3n) is 11.7. The van der Waals surface area contributed by atoms with Gasteiger partial charge in [0, 0.05) is 81.9 Å². The lowest BCUT2D eigenvalue weighted by molar-refractivity contribution is -0.0291. The normalized spacial score (nSPS) is 25.7. The van der Waals surface area contributed by atoms with Gasteiger partial charge in [-0.15, -0.1) is 0 Å². The number of nitriles is 1. The molecule has 1 saturated carbocycles. The van der Waals surface area contributed by atoms with Crippen LogP contribution in [0.4, 0.5) is 11.5 Å². The first kappa shape index (κ1) is 31.8. The molecule has 3 atom stereocenters. The van der Waals surface area contributed by atoms with Crippen LogP contribution in [-0.4, -0.2) is 96.7 Å². The standard InChI is InChI=1S/C37H50N8O3/c1-25-20-32-30(10-17-45(32)33-6-4-5-19-47-33)34(26(25)2)42-15-9-29-31(23-42)40-36(41-35(29)43-18-14-39-27(21-43)7-13-38)48-24-37(11-12-37)44-16-8-28(22-44)46-3/h10,17,20,27-28,33,39H,4-9,11-12,14-16,18-19,21-24H2,1-3H3/t27-,28?,33?/m0/s1. The SMILES string of the molecule is COC1CCN(C2(COc3nc4c(c(N5CCN[C@@H](CC#N)C5)n3)CCN(c3c(C)c(C)cc5c3ccn5C3CCCCO3)C4)CC2)C1. The molecular weight excluding hydrogens is 604 g/mol. The van der Waals surface area contributed by atoms with Crippen molar-refractivity contribution in [2.75, 3.05) is 69.4 Å². The number of hydrogen-bond donors (Lipinski definition) is 1. The molecule has 1 N–H and O–H groups in total. The third-order valence-corrected chi connectivity index (χ3v) is 11.7. The number of nitrogens with one attached hydrogen (secondary N) is 1. The van der Waals surface area contributed by atoms with Gasteiger partial charge in [-0.2, -0.15) is 15.2 Å². The van der Waals surface area contributed by atoms with E-state index in [1.807, 2.05) is 7.11 Å². The van der Waals surface area contributed by atoms with Crippen molar-refractivity contribution in [1.82, 2.24) is 24.8 Å². The van der Waals surface area contributed by atoms with E-state index < -0.39 is 0 Å². The summed E-state index contributed by atoms with van der Waals surface area (Å²) in [6, 6.07) is 7.57. The number of ether oxygens (including phenoxy) is 3. The highest BCUT2D eigenvalue weighted by molar-refractivity contribution is 5.96. The van der Waals surface area contributed by atoms with E-state index in [2.05, 4.69) is 62.8 Å². The van der Waals surface area contributed by atoms with Crippen molar-refractivity contribution in [3.8, 4) is 12.1 Å². The van der Waals surface area contributed by atoms with Crippen LogP contribution in [0.5, 0.6) is 6.01 Å². The Hall–Kier alpha value is -3.43. The van der Waals surface area contributed by atoms with Gasteiger partial charge in [-0.3, -0.25) is 4.90 Å². The van der Waals surface area contributed by atoms with Crippen LogP contribution in [0.2, 0.25) is 0 Å². The summed E-state index contributed by atoms with van der Waals surface area (Å²) in [7, 11) is 1.82. The molecule has 4 aliphatic heterocycles. The predicted octanol–water partition coefficient (Wildman–Crippen LogP) is 4.63. The number of piperazine rings is 1. The Morgan fingerprint density at radius 1 is 1.10 bits per heavy atom. The topological polar surface area (TPSA) is 104 Å². The van der Waals surface area contributed by atoms with Gasteiger partial charge in [0.1, 0.15) is 18.7 Å². The van der Waals surface area contributed by atoms with Crippen molar-refractivity contribution >= 4 is 22.4 Å². The maximum Gasteiger partial charge on any atom is 0.318 e. The second-order valence-electron chi connectivity index (χ2n) is 14.6. The van der Waals surface area contributed by atoms with Crippen molar-refractivity contribution < 1.29 is 14.2 Å². The van der Waals surface area contributed by atoms with Gasteiger partial charge in [-0.1, -0.05) is 0 Å². The Balaban J connectivity index is 1.11. The van der Waals surface area contributed by atoms with E-state index in [1.165, 1.54) is 39.7 Å². The van der Waals surface area contributed by atoms with Gasteiger partial charge in [-0.05, 0) is 82.1 Å². The van der Waals surface area contributed by atoms with Gasteiger partial charge in [0.2, 0.25) is 0 Å². The molecule has 1 aliphatic carbocycles. The summed E-state index contributed by atoms with van der Waals surface area (Å²) < 4.78 is 20.8. The molecule has 48 heavy (non-hydrogen) atoms. The number of rotatable bonds is 9. The van der Waals surface area contributed by atoms with Gasteiger partial charge in [0.15, 0.2) is 0 Å². The van der Waals surface area contributed by atoms with Gasteiger partial charge in [0.25, 0.3) is 0 Å². The number of aryl methyl sites for hydroxylation is 1. The second kappa shape index (κ2) is 13.1. The van der Waals surface area contributed by atoms with Gasteiger partial charge < -0.3 is 33.9 Å². The van der Waals surface area contributed by atoms with Crippen molar-refractivity contribution in [3.05, 3.63) is 40.7 Å². The van der Waals surface area contributed by atoms with Crippen molar-refractivity contribution in [3.63, 3.8) is 0 Å². The van der Waals surface area contributed by atoms with E-state index in [4.69, 9.17) is 24.2 Å². The molecule has 11 heteroatoms. The van der Waals surface area contributed by atoms with Crippen molar-refractivity contribution in [2.24, 2.45) is 0 Å². The zero-order valence-electron chi connectivity index (χ0n) is 28.8. The number of hydrogen-bond acceptors (Lipinski definition) is 10. The fraction of sp³-hybridized carbons (Fsp3) is 0.649. The Bertz CT molecular complexity index is 1690. The number of benzene rings is 1. The summed E-state index contributed by atoms with van der Waals surface area (Å²) in [4.78, 5) is 17.7. The number of nitrogens with zero attached hydrogens (tertiary/aromatic N) is 7. The van der Waals surface area contributed by atoms with Crippen LogP contribution in [0.15, 0.2) is 18.3 Å². The highest BCUT2D eigenvalue weighted by Crippen LogP contribution is 2.44. The molecule has 2 aromatic heterocycles. The number of fused-ring (bicyclic) bond motifs is 2. The lowest BCUT2D eigenvalue weighted by atomic mass is 9.99. The molecule has 8 rings (SSSR count). The molecule has 1 aromatic carbocycles. The second-order valence-corrected chi connectivity index (χ2v) is 14.6. The summed E-state index contributed by atoms with van der Waals surface area (Å²) in [5.74, 6) is 0.983. The third kappa shape index (κ3) is 5.91. The zero-order valence-corrected chi connectivity index (χ0v) is 28.8. The molecule has 5 aliphatic rings. The molecular formula is C37H50N8O3. The first-order chi connectivity index (χ1) is 23.5. The van der Waals surface area contributed by atoms with Crippen molar-refractivity contribution in [1.29, 1.82) is 5.26 Å². The average molecular weight is 655 g/mol. The van der Waals surface area contributed by atoms with Crippen LogP contribution in [0.25, 0.3) is 10.9 Å². The number of methoxy groups -OCH3 is 1. The van der Waals surface area contributed by atoms with E-state index in [0.717, 1.165) is 95.9 Å². The van der Waals surface area contributed by atoms with Crippen molar-refractivity contribution in [2.45, 2.75) is 95.7 Å². The molecule has 2 unspecified atom stereocenters. The Morgan fingerprint density at radius 3 is 2.77 bits per heavy atom. The Morgan fingerprint density at radius 2 is 2.00 bits per heavy atom. The molecule has 256 valence electrons. The highest BCUT2D eigenvalue weighted by atomic mass is 16.5. The summed E-state index contributed by atoms with van der Waals surface area (Å²) in [5.41, 5.74) is 7.48. The maximum atomic E-state index is 9.44. The lowest BCUT2D eigenvalue weighted by Gasteiger charge is -2.38. The summed E-state index contributed by atoms with van der Waals surface area (Å²) in [6.45, 7) is 11.9. The van der Waals surface area contributed by atoms with E-state index in [-0.39, 0.29) is 17.8 Å². The van der Waals surface area contributed by atoms with E-state index >= 15 is 0 Å². The van der Waals surface area contributed by atoms with E-state index in [9.17, 15) is 5.26 Å². The molecule has 6 heterocycles. The molecule has 3 saturated heterocycles. The fourth-order valence-electron chi connectivity index (χ4n) is 8.53. The lowest BCUT2D eigenvalue weighted by Crippen LogP contribution is -2.51. The van der Waals surface area contributed by atoms with Crippen LogP contribution in [0, 0.1) is 25.2 Å². The van der Waals surface area contributed by atoms with Crippen LogP contribution >= 0.6 is 0 Å². The fourth-order valence-corrected chi connectivity index (χ4v) is 8.53. The maximum absolute atomic E-state index is 9.44. The van der Waals surface area contributed by atoms with Gasteiger partial charge >= 0.3 is 6.01 Å². The minimum absolute atomic E-state index is 0.0607. The molecule has 4 fully saturated rings. The van der Waals surface area contributed by atoms with Gasteiger partial charge in [-0.25, -0.2) is 0 Å². The van der Waals surface area contributed by atoms with Crippen LogP contribution in [0.1, 0.15) is 73.6 Å². The monoisotopic (exact) mass is 654 g/mol. The minimum atomic E-state index is 0.0607. The molecule has 3 aromatic rings. The predicted molar refractivity (Wildman–Crippen MR) is 186 cm³/mol. The quantitative estimate of drug-likeness (QED) is 0.351. The summed E-state index contributed by atoms with van der Waals surface area (Å²) in [6.07, 6.45) is 10.7. The number of anilines is 2. The highest BCUT2D eigenvalue weighted by Gasteiger charge is 2.51. The van der Waals surface area contributed by atoms with Crippen LogP contribution < -0.4 is 19.9 Å². The average Bonchev–Trinajstić information content (AvgIpc) is 3.54. The summed E-state index contributed by atoms with van der Waals surface area (Å²) in [5, 5.41) is 14.2. The number of likely N-dealkylation sites (tertiary alicyclic amines) is 1. The zero-order chi connectivity index (χ0) is 32.8. The number of aromatic nitrogens is 3. The molecule has 0 radical (unpaired) electrons. The van der Waals surface area contributed by atoms with Crippen LogP contribution in [0.3, 0.4) is 0 Å². The smallest absolute Gasteiger partial charge is 0.318 e. The van der Waals surface area contributed by atoms with Gasteiger partial charge in [0.05, 0.1) is 41.9 Å². The largest absolute Gasteiger partial charge is 0.461 e. The Labute approximate surface area is 284 Å². The van der Waals surface area contributed by atoms with E-state index in [1.54, 1.807) is 0 Å². The Kier molecular flexibility index (Phi) is 8.70. The summed E-state index contributed by atoms with van der Waals surface area (Å²) >= 11 is 0. The molecule has 11 nitrogen and oxygen atoms in total. The van der Waals surface area contributed by atoms with E-state index in [0.29, 0.717) is 31.7 Å². The molecule has 0 bridgehead atoms.